The summed E-state index contributed by atoms with van der Waals surface area (Å²) in [6.45, 7) is 6.13. The molecule has 0 spiro atoms. The van der Waals surface area contributed by atoms with E-state index in [0.717, 1.165) is 5.69 Å². The van der Waals surface area contributed by atoms with Crippen LogP contribution in [-0.2, 0) is 5.41 Å². The number of alkyl halides is 2. The number of rotatable bonds is 1. The van der Waals surface area contributed by atoms with Crippen LogP contribution in [0.5, 0.6) is 11.5 Å². The minimum absolute atomic E-state index is 0.000425. The maximum Gasteiger partial charge on any atom is 0.586 e. The maximum absolute atomic E-state index is 13.1. The molecule has 0 radical (unpaired) electrons. The minimum atomic E-state index is -3.62. The van der Waals surface area contributed by atoms with E-state index in [1.807, 2.05) is 27.0 Å². The number of H-pyrrole nitrogens is 1. The van der Waals surface area contributed by atoms with E-state index in [4.69, 9.17) is 12.2 Å². The van der Waals surface area contributed by atoms with E-state index in [9.17, 15) is 8.78 Å². The number of benzene rings is 1. The number of halogens is 2. The van der Waals surface area contributed by atoms with Gasteiger partial charge in [-0.3, -0.25) is 4.57 Å². The van der Waals surface area contributed by atoms with Gasteiger partial charge in [0.05, 0.1) is 5.69 Å². The van der Waals surface area contributed by atoms with E-state index >= 15 is 0 Å². The number of nitrogens with zero attached hydrogens (tertiary/aromatic N) is 1. The van der Waals surface area contributed by atoms with Gasteiger partial charge in [-0.1, -0.05) is 20.8 Å². The van der Waals surface area contributed by atoms with Crippen LogP contribution in [0.25, 0.3) is 5.69 Å². The third-order valence-corrected chi connectivity index (χ3v) is 3.49. The monoisotopic (exact) mass is 312 g/mol. The number of nitrogens with one attached hydrogen (secondary N) is 1. The number of fused-ring (bicyclic) bond motifs is 1. The molecule has 7 heteroatoms. The molecule has 4 nitrogen and oxygen atoms in total. The molecule has 0 unspecified atom stereocenters. The lowest BCUT2D eigenvalue weighted by Gasteiger charge is -2.20. The zero-order valence-corrected chi connectivity index (χ0v) is 12.6. The fourth-order valence-electron chi connectivity index (χ4n) is 2.25. The highest BCUT2D eigenvalue weighted by Gasteiger charge is 2.43. The predicted molar refractivity (Wildman–Crippen MR) is 75.9 cm³/mol. The predicted octanol–water partition coefficient (Wildman–Crippen LogP) is 4.15. The largest absolute Gasteiger partial charge is 0.586 e. The molecule has 2 heterocycles. The van der Waals surface area contributed by atoms with E-state index in [2.05, 4.69) is 14.5 Å². The van der Waals surface area contributed by atoms with Crippen LogP contribution in [-0.4, -0.2) is 15.8 Å². The van der Waals surface area contributed by atoms with Crippen molar-refractivity contribution >= 4 is 12.2 Å². The van der Waals surface area contributed by atoms with Gasteiger partial charge in [-0.25, -0.2) is 0 Å². The second-order valence-corrected chi connectivity index (χ2v) is 6.25. The average molecular weight is 312 g/mol. The Balaban J connectivity index is 2.12. The van der Waals surface area contributed by atoms with Gasteiger partial charge in [0.25, 0.3) is 0 Å². The molecule has 0 fully saturated rings. The second kappa shape index (κ2) is 4.30. The molecule has 112 valence electrons. The summed E-state index contributed by atoms with van der Waals surface area (Å²) in [5, 5.41) is 0. The van der Waals surface area contributed by atoms with Crippen molar-refractivity contribution in [3.8, 4) is 17.2 Å². The summed E-state index contributed by atoms with van der Waals surface area (Å²) in [6, 6.07) is 4.62. The number of aromatic nitrogens is 2. The first-order valence-corrected chi connectivity index (χ1v) is 6.79. The van der Waals surface area contributed by atoms with Crippen molar-refractivity contribution < 1.29 is 18.3 Å². The average Bonchev–Trinajstić information content (AvgIpc) is 2.85. The van der Waals surface area contributed by atoms with Gasteiger partial charge >= 0.3 is 6.29 Å². The molecule has 0 saturated heterocycles. The third-order valence-electron chi connectivity index (χ3n) is 3.19. The fraction of sp³-hybridized carbons (Fsp3) is 0.357. The van der Waals surface area contributed by atoms with Crippen LogP contribution >= 0.6 is 12.2 Å². The number of hydrogen-bond acceptors (Lipinski definition) is 3. The molecule has 1 N–H and O–H groups in total. The Bertz CT molecular complexity index is 759. The zero-order valence-electron chi connectivity index (χ0n) is 11.7. The smallest absolute Gasteiger partial charge is 0.395 e. The van der Waals surface area contributed by atoms with Crippen LogP contribution in [0, 0.1) is 4.77 Å². The Morgan fingerprint density at radius 2 is 1.86 bits per heavy atom. The molecule has 0 amide bonds. The van der Waals surface area contributed by atoms with Gasteiger partial charge in [-0.2, -0.15) is 0 Å². The Morgan fingerprint density at radius 1 is 1.19 bits per heavy atom. The number of imidazole rings is 1. The van der Waals surface area contributed by atoms with Gasteiger partial charge in [0.15, 0.2) is 16.3 Å². The molecule has 0 aliphatic carbocycles. The molecular formula is C14H14F2N2O2S. The van der Waals surface area contributed by atoms with Crippen LogP contribution in [0.2, 0.25) is 0 Å². The molecule has 0 bridgehead atoms. The van der Waals surface area contributed by atoms with Crippen molar-refractivity contribution in [3.63, 3.8) is 0 Å². The lowest BCUT2D eigenvalue weighted by molar-refractivity contribution is -0.286. The summed E-state index contributed by atoms with van der Waals surface area (Å²) in [6.07, 6.45) is -1.80. The van der Waals surface area contributed by atoms with E-state index in [1.165, 1.54) is 12.1 Å². The Morgan fingerprint density at radius 3 is 2.52 bits per heavy atom. The minimum Gasteiger partial charge on any atom is -0.395 e. The van der Waals surface area contributed by atoms with Crippen molar-refractivity contribution in [2.24, 2.45) is 0 Å². The first kappa shape index (κ1) is 14.1. The Labute approximate surface area is 125 Å². The molecule has 21 heavy (non-hydrogen) atoms. The zero-order chi connectivity index (χ0) is 15.4. The number of ether oxygens (including phenoxy) is 2. The van der Waals surface area contributed by atoms with Crippen LogP contribution in [0.15, 0.2) is 24.4 Å². The molecule has 0 atom stereocenters. The van der Waals surface area contributed by atoms with Crippen LogP contribution in [0.4, 0.5) is 8.78 Å². The lowest BCUT2D eigenvalue weighted by Crippen LogP contribution is -2.25. The Kier molecular flexibility index (Phi) is 2.88. The first-order valence-electron chi connectivity index (χ1n) is 6.38. The number of aromatic amines is 1. The van der Waals surface area contributed by atoms with Gasteiger partial charge in [0, 0.05) is 23.4 Å². The van der Waals surface area contributed by atoms with E-state index < -0.39 is 6.29 Å². The van der Waals surface area contributed by atoms with E-state index in [-0.39, 0.29) is 16.9 Å². The van der Waals surface area contributed by atoms with E-state index in [1.54, 1.807) is 10.6 Å². The highest BCUT2D eigenvalue weighted by Crippen LogP contribution is 2.42. The lowest BCUT2D eigenvalue weighted by atomic mass is 9.92. The fourth-order valence-corrected chi connectivity index (χ4v) is 2.52. The van der Waals surface area contributed by atoms with Crippen LogP contribution in [0.1, 0.15) is 26.5 Å². The molecule has 0 saturated carbocycles. The third kappa shape index (κ3) is 2.42. The number of hydrogen-bond donors (Lipinski definition) is 1. The van der Waals surface area contributed by atoms with Crippen molar-refractivity contribution in [3.05, 3.63) is 34.9 Å². The standard InChI is InChI=1S/C14H14F2N2O2S/c1-13(2,3)11-7-17-12(21)18(11)8-4-5-9-10(6-8)20-14(15,16)19-9/h4-7H,1-3H3,(H,17,21). The summed E-state index contributed by atoms with van der Waals surface area (Å²) >= 11 is 5.28. The quantitative estimate of drug-likeness (QED) is 0.804. The summed E-state index contributed by atoms with van der Waals surface area (Å²) < 4.78 is 37.3. The van der Waals surface area contributed by atoms with Crippen molar-refractivity contribution in [2.45, 2.75) is 32.5 Å². The molecule has 1 aromatic heterocycles. The molecule has 1 aliphatic rings. The Hall–Kier alpha value is -1.89. The van der Waals surface area contributed by atoms with Crippen molar-refractivity contribution in [2.75, 3.05) is 0 Å². The van der Waals surface area contributed by atoms with Crippen molar-refractivity contribution in [1.82, 2.24) is 9.55 Å². The maximum atomic E-state index is 13.1. The second-order valence-electron chi connectivity index (χ2n) is 5.86. The topological polar surface area (TPSA) is 39.2 Å². The SMILES string of the molecule is CC(C)(C)c1c[nH]c(=S)n1-c1ccc2c(c1)OC(F)(F)O2. The summed E-state index contributed by atoms with van der Waals surface area (Å²) in [5.74, 6) is 0.0172. The van der Waals surface area contributed by atoms with Gasteiger partial charge in [0.1, 0.15) is 0 Å². The normalized spacial score (nSPS) is 16.2. The molecule has 1 aliphatic heterocycles. The molecule has 3 rings (SSSR count). The first-order chi connectivity index (χ1) is 9.67. The van der Waals surface area contributed by atoms with Gasteiger partial charge in [-0.05, 0) is 24.4 Å². The van der Waals surface area contributed by atoms with E-state index in [0.29, 0.717) is 10.5 Å². The van der Waals surface area contributed by atoms with Gasteiger partial charge in [0.2, 0.25) is 0 Å². The van der Waals surface area contributed by atoms with Crippen LogP contribution < -0.4 is 9.47 Å². The highest BCUT2D eigenvalue weighted by molar-refractivity contribution is 7.71. The van der Waals surface area contributed by atoms with Crippen LogP contribution in [0.3, 0.4) is 0 Å². The van der Waals surface area contributed by atoms with Gasteiger partial charge < -0.3 is 14.5 Å². The summed E-state index contributed by atoms with van der Waals surface area (Å²) in [5.41, 5.74) is 1.43. The highest BCUT2D eigenvalue weighted by atomic mass is 32.1. The molecular weight excluding hydrogens is 298 g/mol. The van der Waals surface area contributed by atoms with Crippen molar-refractivity contribution in [1.29, 1.82) is 0 Å². The molecule has 2 aromatic rings. The molecule has 1 aromatic carbocycles. The van der Waals surface area contributed by atoms with Gasteiger partial charge in [-0.15, -0.1) is 8.78 Å². The summed E-state index contributed by atoms with van der Waals surface area (Å²) in [4.78, 5) is 2.98. The summed E-state index contributed by atoms with van der Waals surface area (Å²) in [7, 11) is 0.